The molecule has 3 heteroatoms. The summed E-state index contributed by atoms with van der Waals surface area (Å²) in [4.78, 5) is 15.3. The van der Waals surface area contributed by atoms with E-state index in [2.05, 4.69) is 29.3 Å². The molecule has 0 radical (unpaired) electrons. The fourth-order valence-electron chi connectivity index (χ4n) is 3.97. The van der Waals surface area contributed by atoms with Gasteiger partial charge in [-0.3, -0.25) is 9.69 Å². The molecule has 3 nitrogen and oxygen atoms in total. The van der Waals surface area contributed by atoms with E-state index in [-0.39, 0.29) is 11.9 Å². The van der Waals surface area contributed by atoms with Crippen molar-refractivity contribution in [3.8, 4) is 0 Å². The summed E-state index contributed by atoms with van der Waals surface area (Å²) in [5.41, 5.74) is 1.13. The molecule has 1 aliphatic carbocycles. The molecule has 1 aliphatic heterocycles. The minimum Gasteiger partial charge on any atom is -0.352 e. The van der Waals surface area contributed by atoms with E-state index < -0.39 is 0 Å². The van der Waals surface area contributed by atoms with E-state index in [0.717, 1.165) is 31.5 Å². The highest BCUT2D eigenvalue weighted by Gasteiger charge is 2.32. The van der Waals surface area contributed by atoms with Crippen molar-refractivity contribution in [2.75, 3.05) is 13.1 Å². The standard InChI is InChI=1S/C19H28N2O/c1-15-8-7-13-21(14-15)18(16-9-3-2-4-10-16)19(22)20-17-11-5-6-12-17/h2-4,9-10,15,17-18H,5-8,11-14H2,1H3,(H,20,22)/t15-,18-/m1/s1. The van der Waals surface area contributed by atoms with Gasteiger partial charge in [-0.2, -0.15) is 0 Å². The van der Waals surface area contributed by atoms with Gasteiger partial charge in [0.05, 0.1) is 0 Å². The molecule has 1 aromatic rings. The van der Waals surface area contributed by atoms with Gasteiger partial charge in [0.2, 0.25) is 5.91 Å². The molecule has 2 atom stereocenters. The van der Waals surface area contributed by atoms with Gasteiger partial charge in [0.25, 0.3) is 0 Å². The van der Waals surface area contributed by atoms with Crippen LogP contribution in [0, 0.1) is 5.92 Å². The third-order valence-electron chi connectivity index (χ3n) is 5.12. The van der Waals surface area contributed by atoms with Crippen molar-refractivity contribution in [3.63, 3.8) is 0 Å². The molecule has 0 bridgehead atoms. The number of hydrogen-bond donors (Lipinski definition) is 1. The number of piperidine rings is 1. The van der Waals surface area contributed by atoms with Gasteiger partial charge in [0, 0.05) is 12.6 Å². The van der Waals surface area contributed by atoms with Crippen LogP contribution in [0.2, 0.25) is 0 Å². The maximum atomic E-state index is 13.0. The van der Waals surface area contributed by atoms with Gasteiger partial charge in [-0.1, -0.05) is 50.1 Å². The second-order valence-corrected chi connectivity index (χ2v) is 7.05. The largest absolute Gasteiger partial charge is 0.352 e. The van der Waals surface area contributed by atoms with E-state index in [0.29, 0.717) is 12.0 Å². The predicted molar refractivity (Wildman–Crippen MR) is 89.6 cm³/mol. The Bertz CT molecular complexity index is 481. The van der Waals surface area contributed by atoms with Crippen LogP contribution in [0.15, 0.2) is 30.3 Å². The van der Waals surface area contributed by atoms with E-state index >= 15 is 0 Å². The lowest BCUT2D eigenvalue weighted by atomic mass is 9.95. The molecule has 1 aromatic carbocycles. The van der Waals surface area contributed by atoms with Crippen molar-refractivity contribution in [2.24, 2.45) is 5.92 Å². The van der Waals surface area contributed by atoms with Gasteiger partial charge in [0.15, 0.2) is 0 Å². The first-order chi connectivity index (χ1) is 10.7. The lowest BCUT2D eigenvalue weighted by Crippen LogP contribution is -2.46. The van der Waals surface area contributed by atoms with E-state index in [1.165, 1.54) is 25.7 Å². The van der Waals surface area contributed by atoms with Crippen molar-refractivity contribution >= 4 is 5.91 Å². The minimum atomic E-state index is -0.121. The smallest absolute Gasteiger partial charge is 0.242 e. The van der Waals surface area contributed by atoms with Gasteiger partial charge in [0.1, 0.15) is 6.04 Å². The molecule has 3 rings (SSSR count). The molecule has 2 fully saturated rings. The highest BCUT2D eigenvalue weighted by Crippen LogP contribution is 2.28. The van der Waals surface area contributed by atoms with Gasteiger partial charge in [-0.05, 0) is 43.7 Å². The van der Waals surface area contributed by atoms with Crippen LogP contribution in [-0.4, -0.2) is 29.9 Å². The highest BCUT2D eigenvalue weighted by atomic mass is 16.2. The van der Waals surface area contributed by atoms with Crippen molar-refractivity contribution < 1.29 is 4.79 Å². The molecular formula is C19H28N2O. The number of nitrogens with one attached hydrogen (secondary N) is 1. The van der Waals surface area contributed by atoms with Gasteiger partial charge < -0.3 is 5.32 Å². The molecule has 0 aromatic heterocycles. The maximum absolute atomic E-state index is 13.0. The SMILES string of the molecule is C[C@@H]1CCCN([C@@H](C(=O)NC2CCCC2)c2ccccc2)C1. The van der Waals surface area contributed by atoms with Crippen LogP contribution in [-0.2, 0) is 4.79 Å². The van der Waals surface area contributed by atoms with Crippen LogP contribution in [0.1, 0.15) is 57.1 Å². The number of rotatable bonds is 4. The molecule has 1 heterocycles. The Hall–Kier alpha value is -1.35. The molecule has 2 aliphatic rings. The average Bonchev–Trinajstić information content (AvgIpc) is 3.01. The van der Waals surface area contributed by atoms with E-state index in [9.17, 15) is 4.79 Å². The number of carbonyl (C=O) groups excluding carboxylic acids is 1. The lowest BCUT2D eigenvalue weighted by molar-refractivity contribution is -0.128. The Morgan fingerprint density at radius 1 is 1.14 bits per heavy atom. The number of benzene rings is 1. The van der Waals surface area contributed by atoms with Crippen molar-refractivity contribution in [3.05, 3.63) is 35.9 Å². The zero-order valence-corrected chi connectivity index (χ0v) is 13.6. The average molecular weight is 300 g/mol. The lowest BCUT2D eigenvalue weighted by Gasteiger charge is -2.37. The van der Waals surface area contributed by atoms with Crippen molar-refractivity contribution in [2.45, 2.75) is 57.5 Å². The molecule has 0 spiro atoms. The molecule has 1 amide bonds. The zero-order valence-electron chi connectivity index (χ0n) is 13.6. The van der Waals surface area contributed by atoms with Crippen LogP contribution < -0.4 is 5.32 Å². The fraction of sp³-hybridized carbons (Fsp3) is 0.632. The molecule has 1 saturated carbocycles. The number of amides is 1. The summed E-state index contributed by atoms with van der Waals surface area (Å²) in [6, 6.07) is 10.6. The van der Waals surface area contributed by atoms with Crippen molar-refractivity contribution in [1.29, 1.82) is 0 Å². The molecular weight excluding hydrogens is 272 g/mol. The summed E-state index contributed by atoms with van der Waals surface area (Å²) < 4.78 is 0. The first kappa shape index (κ1) is 15.5. The van der Waals surface area contributed by atoms with Crippen LogP contribution >= 0.6 is 0 Å². The normalized spacial score (nSPS) is 25.0. The molecule has 1 saturated heterocycles. The van der Waals surface area contributed by atoms with E-state index in [1.54, 1.807) is 0 Å². The Balaban J connectivity index is 1.77. The molecule has 120 valence electrons. The summed E-state index contributed by atoms with van der Waals surface area (Å²) in [5, 5.41) is 3.31. The Morgan fingerprint density at radius 2 is 1.86 bits per heavy atom. The van der Waals surface area contributed by atoms with Crippen LogP contribution in [0.3, 0.4) is 0 Å². The second kappa shape index (κ2) is 7.28. The van der Waals surface area contributed by atoms with Crippen LogP contribution in [0.5, 0.6) is 0 Å². The van der Waals surface area contributed by atoms with E-state index in [4.69, 9.17) is 0 Å². The van der Waals surface area contributed by atoms with Gasteiger partial charge >= 0.3 is 0 Å². The Kier molecular flexibility index (Phi) is 5.14. The predicted octanol–water partition coefficient (Wildman–Crippen LogP) is 3.52. The second-order valence-electron chi connectivity index (χ2n) is 7.05. The maximum Gasteiger partial charge on any atom is 0.242 e. The number of nitrogens with zero attached hydrogens (tertiary/aromatic N) is 1. The number of likely N-dealkylation sites (tertiary alicyclic amines) is 1. The highest BCUT2D eigenvalue weighted by molar-refractivity contribution is 5.83. The van der Waals surface area contributed by atoms with Crippen LogP contribution in [0.4, 0.5) is 0 Å². The van der Waals surface area contributed by atoms with Crippen molar-refractivity contribution in [1.82, 2.24) is 10.2 Å². The topological polar surface area (TPSA) is 32.3 Å². The van der Waals surface area contributed by atoms with Crippen LogP contribution in [0.25, 0.3) is 0 Å². The summed E-state index contributed by atoms with van der Waals surface area (Å²) >= 11 is 0. The quantitative estimate of drug-likeness (QED) is 0.923. The molecule has 22 heavy (non-hydrogen) atoms. The third-order valence-corrected chi connectivity index (χ3v) is 5.12. The van der Waals surface area contributed by atoms with E-state index in [1.807, 2.05) is 18.2 Å². The first-order valence-corrected chi connectivity index (χ1v) is 8.83. The zero-order chi connectivity index (χ0) is 15.4. The summed E-state index contributed by atoms with van der Waals surface area (Å²) in [6.45, 7) is 4.35. The third kappa shape index (κ3) is 3.70. The molecule has 1 N–H and O–H groups in total. The summed E-state index contributed by atoms with van der Waals surface area (Å²) in [6.07, 6.45) is 7.26. The summed E-state index contributed by atoms with van der Waals surface area (Å²) in [7, 11) is 0. The molecule has 0 unspecified atom stereocenters. The number of carbonyl (C=O) groups is 1. The van der Waals surface area contributed by atoms with Gasteiger partial charge in [-0.15, -0.1) is 0 Å². The van der Waals surface area contributed by atoms with Gasteiger partial charge in [-0.25, -0.2) is 0 Å². The Labute approximate surface area is 134 Å². The first-order valence-electron chi connectivity index (χ1n) is 8.83. The monoisotopic (exact) mass is 300 g/mol. The number of hydrogen-bond acceptors (Lipinski definition) is 2. The Morgan fingerprint density at radius 3 is 2.55 bits per heavy atom. The summed E-state index contributed by atoms with van der Waals surface area (Å²) in [5.74, 6) is 0.881. The minimum absolute atomic E-state index is 0.121. The fourth-order valence-corrected chi connectivity index (χ4v) is 3.97.